The van der Waals surface area contributed by atoms with Gasteiger partial charge in [0.25, 0.3) is 5.92 Å². The van der Waals surface area contributed by atoms with Crippen molar-refractivity contribution in [1.29, 1.82) is 0 Å². The van der Waals surface area contributed by atoms with Crippen molar-refractivity contribution in [3.05, 3.63) is 59.9 Å². The minimum Gasteiger partial charge on any atom is -0.388 e. The van der Waals surface area contributed by atoms with Crippen LogP contribution in [0.5, 0.6) is 0 Å². The molecule has 148 valence electrons. The van der Waals surface area contributed by atoms with E-state index in [9.17, 15) is 22.8 Å². The molecule has 1 aliphatic carbocycles. The van der Waals surface area contributed by atoms with Crippen molar-refractivity contribution in [3.8, 4) is 0 Å². The number of anilines is 2. The average Bonchev–Trinajstić information content (AvgIpc) is 2.64. The van der Waals surface area contributed by atoms with E-state index in [1.807, 2.05) is 0 Å². The van der Waals surface area contributed by atoms with Crippen molar-refractivity contribution >= 4 is 23.7 Å². The summed E-state index contributed by atoms with van der Waals surface area (Å²) in [4.78, 5) is 26.0. The van der Waals surface area contributed by atoms with Crippen molar-refractivity contribution in [2.75, 3.05) is 17.3 Å². The normalized spacial score (nSPS) is 16.6. The molecule has 3 rings (SSSR count). The molecule has 1 aliphatic rings. The summed E-state index contributed by atoms with van der Waals surface area (Å²) in [5.74, 6) is -3.97. The highest BCUT2D eigenvalue weighted by atomic mass is 19.3. The molecule has 28 heavy (non-hydrogen) atoms. The molecular weight excluding hydrogens is 371 g/mol. The number of amides is 2. The summed E-state index contributed by atoms with van der Waals surface area (Å²) in [5, 5.41) is 5.53. The molecule has 0 radical (unpaired) electrons. The molecule has 5 nitrogen and oxygen atoms in total. The van der Waals surface area contributed by atoms with Crippen LogP contribution in [0.2, 0.25) is 0 Å². The Kier molecular flexibility index (Phi) is 5.58. The van der Waals surface area contributed by atoms with Crippen LogP contribution >= 0.6 is 0 Å². The largest absolute Gasteiger partial charge is 0.388 e. The summed E-state index contributed by atoms with van der Waals surface area (Å²) in [6, 6.07) is 10.3. The fraction of sp³-hybridized carbons (Fsp3) is 0.300. The Morgan fingerprint density at radius 1 is 1.21 bits per heavy atom. The predicted molar refractivity (Wildman–Crippen MR) is 99.8 cm³/mol. The first-order valence-electron chi connectivity index (χ1n) is 8.79. The summed E-state index contributed by atoms with van der Waals surface area (Å²) >= 11 is 0. The van der Waals surface area contributed by atoms with Gasteiger partial charge in [0.05, 0.1) is 0 Å². The molecule has 2 aromatic carbocycles. The molecule has 0 bridgehead atoms. The van der Waals surface area contributed by atoms with Crippen molar-refractivity contribution in [2.45, 2.75) is 30.8 Å². The van der Waals surface area contributed by atoms with Crippen molar-refractivity contribution in [3.63, 3.8) is 0 Å². The SMILES string of the molecule is CNc1ccccc1C(C(=O)NC1CC(F)(F)C1)N(C=O)c1cccc(F)c1. The third-order valence-corrected chi connectivity index (χ3v) is 4.71. The lowest BCUT2D eigenvalue weighted by Gasteiger charge is -2.37. The molecule has 2 aromatic rings. The lowest BCUT2D eigenvalue weighted by Crippen LogP contribution is -2.53. The lowest BCUT2D eigenvalue weighted by molar-refractivity contribution is -0.131. The smallest absolute Gasteiger partial charge is 0.252 e. The summed E-state index contributed by atoms with van der Waals surface area (Å²) in [6.07, 6.45) is -0.457. The van der Waals surface area contributed by atoms with E-state index in [2.05, 4.69) is 10.6 Å². The van der Waals surface area contributed by atoms with Crippen LogP contribution < -0.4 is 15.5 Å². The number of alkyl halides is 2. The topological polar surface area (TPSA) is 61.4 Å². The van der Waals surface area contributed by atoms with Gasteiger partial charge in [-0.25, -0.2) is 13.2 Å². The first-order chi connectivity index (χ1) is 13.3. The molecule has 0 heterocycles. The highest BCUT2D eigenvalue weighted by Crippen LogP contribution is 2.38. The standard InChI is InChI=1S/C20H20F3N3O2/c1-24-17-8-3-2-7-16(17)18(19(28)25-14-10-20(22,23)11-14)26(12-27)15-6-4-5-13(21)9-15/h2-9,12,14,18,24H,10-11H2,1H3,(H,25,28). The van der Waals surface area contributed by atoms with Gasteiger partial charge in [-0.1, -0.05) is 24.3 Å². The summed E-state index contributed by atoms with van der Waals surface area (Å²) in [6.45, 7) is 0. The molecule has 8 heteroatoms. The van der Waals surface area contributed by atoms with E-state index in [1.54, 1.807) is 31.3 Å². The van der Waals surface area contributed by atoms with Crippen LogP contribution in [-0.2, 0) is 9.59 Å². The number of nitrogens with one attached hydrogen (secondary N) is 2. The summed E-state index contributed by atoms with van der Waals surface area (Å²) in [5.41, 5.74) is 1.23. The van der Waals surface area contributed by atoms with Gasteiger partial charge in [0.15, 0.2) is 0 Å². The Bertz CT molecular complexity index is 867. The van der Waals surface area contributed by atoms with Crippen LogP contribution in [0, 0.1) is 5.82 Å². The van der Waals surface area contributed by atoms with Gasteiger partial charge in [-0.3, -0.25) is 14.5 Å². The number of hydrogen-bond donors (Lipinski definition) is 2. The average molecular weight is 391 g/mol. The Morgan fingerprint density at radius 2 is 1.93 bits per heavy atom. The third kappa shape index (κ3) is 4.11. The lowest BCUT2D eigenvalue weighted by atomic mass is 9.87. The maximum absolute atomic E-state index is 13.7. The Hall–Kier alpha value is -3.03. The molecule has 0 aromatic heterocycles. The highest BCUT2D eigenvalue weighted by molar-refractivity contribution is 5.94. The Morgan fingerprint density at radius 3 is 2.54 bits per heavy atom. The van der Waals surface area contributed by atoms with Crippen LogP contribution in [0.25, 0.3) is 0 Å². The van der Waals surface area contributed by atoms with E-state index in [0.29, 0.717) is 17.7 Å². The molecule has 0 spiro atoms. The number of hydrogen-bond acceptors (Lipinski definition) is 3. The number of rotatable bonds is 7. The fourth-order valence-corrected chi connectivity index (χ4v) is 3.33. The second-order valence-electron chi connectivity index (χ2n) is 6.70. The van der Waals surface area contributed by atoms with Gasteiger partial charge in [-0.15, -0.1) is 0 Å². The van der Waals surface area contributed by atoms with Gasteiger partial charge >= 0.3 is 0 Å². The van der Waals surface area contributed by atoms with Crippen LogP contribution in [0.1, 0.15) is 24.4 Å². The quantitative estimate of drug-likeness (QED) is 0.711. The molecular formula is C20H20F3N3O2. The van der Waals surface area contributed by atoms with E-state index in [-0.39, 0.29) is 5.69 Å². The number of para-hydroxylation sites is 1. The van der Waals surface area contributed by atoms with Crippen LogP contribution in [-0.4, -0.2) is 31.3 Å². The minimum atomic E-state index is -2.79. The van der Waals surface area contributed by atoms with Gasteiger partial charge in [-0.05, 0) is 24.3 Å². The van der Waals surface area contributed by atoms with Gasteiger partial charge < -0.3 is 10.6 Å². The zero-order valence-corrected chi connectivity index (χ0v) is 15.2. The number of nitrogens with zero attached hydrogens (tertiary/aromatic N) is 1. The van der Waals surface area contributed by atoms with Gasteiger partial charge in [0, 0.05) is 42.9 Å². The first kappa shape index (κ1) is 19.7. The van der Waals surface area contributed by atoms with Crippen LogP contribution in [0.4, 0.5) is 24.5 Å². The molecule has 2 N–H and O–H groups in total. The van der Waals surface area contributed by atoms with Crippen molar-refractivity contribution < 1.29 is 22.8 Å². The maximum atomic E-state index is 13.7. The zero-order chi connectivity index (χ0) is 20.3. The fourth-order valence-electron chi connectivity index (χ4n) is 3.33. The zero-order valence-electron chi connectivity index (χ0n) is 15.2. The first-order valence-corrected chi connectivity index (χ1v) is 8.79. The van der Waals surface area contributed by atoms with Gasteiger partial charge in [-0.2, -0.15) is 0 Å². The monoisotopic (exact) mass is 391 g/mol. The second kappa shape index (κ2) is 7.92. The Labute approximate surface area is 160 Å². The molecule has 1 atom stereocenters. The number of carbonyl (C=O) groups excluding carboxylic acids is 2. The van der Waals surface area contributed by atoms with Crippen molar-refractivity contribution in [1.82, 2.24) is 5.32 Å². The summed E-state index contributed by atoms with van der Waals surface area (Å²) in [7, 11) is 1.66. The third-order valence-electron chi connectivity index (χ3n) is 4.71. The van der Waals surface area contributed by atoms with E-state index in [4.69, 9.17) is 0 Å². The Balaban J connectivity index is 1.98. The van der Waals surface area contributed by atoms with E-state index in [1.165, 1.54) is 18.2 Å². The molecule has 1 saturated carbocycles. The molecule has 1 unspecified atom stereocenters. The van der Waals surface area contributed by atoms with E-state index < -0.39 is 42.6 Å². The molecule has 2 amide bonds. The number of halogens is 3. The van der Waals surface area contributed by atoms with Crippen LogP contribution in [0.3, 0.4) is 0 Å². The number of benzene rings is 2. The highest BCUT2D eigenvalue weighted by Gasteiger charge is 2.47. The number of carbonyl (C=O) groups is 2. The minimum absolute atomic E-state index is 0.181. The van der Waals surface area contributed by atoms with Crippen molar-refractivity contribution in [2.24, 2.45) is 0 Å². The molecule has 0 saturated heterocycles. The second-order valence-corrected chi connectivity index (χ2v) is 6.70. The summed E-state index contributed by atoms with van der Waals surface area (Å²) < 4.78 is 40.0. The molecule has 1 fully saturated rings. The van der Waals surface area contributed by atoms with E-state index in [0.717, 1.165) is 11.0 Å². The maximum Gasteiger partial charge on any atom is 0.252 e. The molecule has 0 aliphatic heterocycles. The van der Waals surface area contributed by atoms with Crippen LogP contribution in [0.15, 0.2) is 48.5 Å². The van der Waals surface area contributed by atoms with E-state index >= 15 is 0 Å². The van der Waals surface area contributed by atoms with Gasteiger partial charge in [0.2, 0.25) is 12.3 Å². The predicted octanol–water partition coefficient (Wildman–Crippen LogP) is 3.49. The van der Waals surface area contributed by atoms with Gasteiger partial charge in [0.1, 0.15) is 11.9 Å².